The van der Waals surface area contributed by atoms with Crippen molar-refractivity contribution in [3.63, 3.8) is 0 Å². The number of rotatable bonds is 2. The van der Waals surface area contributed by atoms with Crippen LogP contribution in [-0.4, -0.2) is 24.3 Å². The Hall–Kier alpha value is -2.95. The van der Waals surface area contributed by atoms with Crippen molar-refractivity contribution in [3.05, 3.63) is 60.7 Å². The van der Waals surface area contributed by atoms with E-state index in [1.807, 2.05) is 18.2 Å². The standard InChI is InChI=1S/C17H15N5/c1-12-10-21(2)15-7-6-13(9-14(12)15)17-19-11-22(20-17)16-5-3-4-8-18-16/h3-11H,1-2H3. The number of aryl methyl sites for hydroxylation is 2. The van der Waals surface area contributed by atoms with Gasteiger partial charge in [0.05, 0.1) is 0 Å². The van der Waals surface area contributed by atoms with Crippen LogP contribution in [0.2, 0.25) is 0 Å². The summed E-state index contributed by atoms with van der Waals surface area (Å²) in [5.74, 6) is 1.47. The molecule has 0 aliphatic rings. The van der Waals surface area contributed by atoms with E-state index in [0.29, 0.717) is 5.82 Å². The summed E-state index contributed by atoms with van der Waals surface area (Å²) in [6.45, 7) is 2.12. The lowest BCUT2D eigenvalue weighted by Gasteiger charge is -2.00. The first-order chi connectivity index (χ1) is 10.7. The first-order valence-electron chi connectivity index (χ1n) is 7.11. The third-order valence-electron chi connectivity index (χ3n) is 3.82. The lowest BCUT2D eigenvalue weighted by atomic mass is 10.1. The van der Waals surface area contributed by atoms with Gasteiger partial charge in [-0.2, -0.15) is 0 Å². The van der Waals surface area contributed by atoms with Gasteiger partial charge in [0.2, 0.25) is 0 Å². The van der Waals surface area contributed by atoms with E-state index in [1.54, 1.807) is 17.2 Å². The summed E-state index contributed by atoms with van der Waals surface area (Å²) in [7, 11) is 2.06. The van der Waals surface area contributed by atoms with Crippen LogP contribution in [0.15, 0.2) is 55.1 Å². The van der Waals surface area contributed by atoms with E-state index in [0.717, 1.165) is 11.4 Å². The molecule has 1 aromatic carbocycles. The number of pyridine rings is 1. The van der Waals surface area contributed by atoms with E-state index in [4.69, 9.17) is 0 Å². The van der Waals surface area contributed by atoms with Crippen molar-refractivity contribution >= 4 is 10.9 Å². The molecule has 0 saturated carbocycles. The summed E-state index contributed by atoms with van der Waals surface area (Å²) in [4.78, 5) is 8.69. The van der Waals surface area contributed by atoms with Crippen LogP contribution in [0.4, 0.5) is 0 Å². The summed E-state index contributed by atoms with van der Waals surface area (Å²) in [5.41, 5.74) is 3.48. The van der Waals surface area contributed by atoms with Crippen LogP contribution in [0.1, 0.15) is 5.56 Å². The molecule has 0 N–H and O–H groups in total. The van der Waals surface area contributed by atoms with Gasteiger partial charge >= 0.3 is 0 Å². The maximum Gasteiger partial charge on any atom is 0.181 e. The number of hydrogen-bond acceptors (Lipinski definition) is 3. The van der Waals surface area contributed by atoms with Crippen LogP contribution in [0.3, 0.4) is 0 Å². The Bertz CT molecular complexity index is 950. The van der Waals surface area contributed by atoms with Crippen molar-refractivity contribution in [1.82, 2.24) is 24.3 Å². The van der Waals surface area contributed by atoms with Gasteiger partial charge in [-0.1, -0.05) is 6.07 Å². The van der Waals surface area contributed by atoms with E-state index in [1.165, 1.54) is 16.5 Å². The third kappa shape index (κ3) is 1.98. The molecule has 0 bridgehead atoms. The number of fused-ring (bicyclic) bond motifs is 1. The van der Waals surface area contributed by atoms with Gasteiger partial charge in [-0.3, -0.25) is 0 Å². The quantitative estimate of drug-likeness (QED) is 0.569. The maximum absolute atomic E-state index is 4.53. The maximum atomic E-state index is 4.53. The molecule has 0 fully saturated rings. The Morgan fingerprint density at radius 1 is 1.05 bits per heavy atom. The molecule has 22 heavy (non-hydrogen) atoms. The predicted octanol–water partition coefficient (Wildman–Crippen LogP) is 3.13. The van der Waals surface area contributed by atoms with Gasteiger partial charge in [0.15, 0.2) is 11.6 Å². The highest BCUT2D eigenvalue weighted by molar-refractivity contribution is 5.87. The second-order valence-electron chi connectivity index (χ2n) is 5.36. The van der Waals surface area contributed by atoms with Crippen molar-refractivity contribution in [2.75, 3.05) is 0 Å². The minimum Gasteiger partial charge on any atom is -0.350 e. The first-order valence-corrected chi connectivity index (χ1v) is 7.11. The fourth-order valence-electron chi connectivity index (χ4n) is 2.72. The summed E-state index contributed by atoms with van der Waals surface area (Å²) in [6.07, 6.45) is 5.57. The van der Waals surface area contributed by atoms with Crippen molar-refractivity contribution in [1.29, 1.82) is 0 Å². The Balaban J connectivity index is 1.79. The molecule has 5 heteroatoms. The number of aromatic nitrogens is 5. The molecular formula is C17H15N5. The number of hydrogen-bond donors (Lipinski definition) is 0. The summed E-state index contributed by atoms with van der Waals surface area (Å²) in [6, 6.07) is 12.0. The second kappa shape index (κ2) is 4.80. The highest BCUT2D eigenvalue weighted by Crippen LogP contribution is 2.25. The molecule has 0 spiro atoms. The highest BCUT2D eigenvalue weighted by Gasteiger charge is 2.09. The summed E-state index contributed by atoms with van der Waals surface area (Å²) >= 11 is 0. The van der Waals surface area contributed by atoms with Crippen LogP contribution in [0.25, 0.3) is 28.1 Å². The van der Waals surface area contributed by atoms with E-state index < -0.39 is 0 Å². The van der Waals surface area contributed by atoms with Gasteiger partial charge in [0.25, 0.3) is 0 Å². The zero-order valence-corrected chi connectivity index (χ0v) is 12.4. The average molecular weight is 289 g/mol. The molecule has 0 unspecified atom stereocenters. The minimum atomic E-state index is 0.704. The smallest absolute Gasteiger partial charge is 0.181 e. The summed E-state index contributed by atoms with van der Waals surface area (Å²) in [5, 5.41) is 5.76. The van der Waals surface area contributed by atoms with Gasteiger partial charge in [-0.25, -0.2) is 14.6 Å². The van der Waals surface area contributed by atoms with E-state index in [2.05, 4.69) is 58.0 Å². The highest BCUT2D eigenvalue weighted by atomic mass is 15.4. The third-order valence-corrected chi connectivity index (χ3v) is 3.82. The van der Waals surface area contributed by atoms with Crippen LogP contribution in [-0.2, 0) is 7.05 Å². The van der Waals surface area contributed by atoms with Crippen LogP contribution in [0, 0.1) is 6.92 Å². The SMILES string of the molecule is Cc1cn(C)c2ccc(-c3ncn(-c4ccccn4)n3)cc12. The fourth-order valence-corrected chi connectivity index (χ4v) is 2.72. The Labute approximate surface area is 127 Å². The molecule has 4 rings (SSSR count). The molecule has 3 aromatic heterocycles. The van der Waals surface area contributed by atoms with Crippen LogP contribution < -0.4 is 0 Å². The first kappa shape index (κ1) is 12.8. The molecule has 5 nitrogen and oxygen atoms in total. The van der Waals surface area contributed by atoms with Gasteiger partial charge in [0, 0.05) is 35.9 Å². The average Bonchev–Trinajstić information content (AvgIpc) is 3.14. The van der Waals surface area contributed by atoms with Crippen molar-refractivity contribution in [3.8, 4) is 17.2 Å². The largest absolute Gasteiger partial charge is 0.350 e. The van der Waals surface area contributed by atoms with Gasteiger partial charge in [0.1, 0.15) is 6.33 Å². The monoisotopic (exact) mass is 289 g/mol. The van der Waals surface area contributed by atoms with Gasteiger partial charge in [-0.05, 0) is 42.8 Å². The normalized spacial score (nSPS) is 11.2. The molecule has 0 amide bonds. The molecule has 4 aromatic rings. The lowest BCUT2D eigenvalue weighted by molar-refractivity contribution is 0.848. The molecule has 108 valence electrons. The second-order valence-corrected chi connectivity index (χ2v) is 5.36. The Morgan fingerprint density at radius 2 is 1.95 bits per heavy atom. The minimum absolute atomic E-state index is 0.704. The number of nitrogens with zero attached hydrogens (tertiary/aromatic N) is 5. The predicted molar refractivity (Wildman–Crippen MR) is 85.8 cm³/mol. The summed E-state index contributed by atoms with van der Waals surface area (Å²) < 4.78 is 3.83. The molecule has 0 aliphatic heterocycles. The van der Waals surface area contributed by atoms with Gasteiger partial charge < -0.3 is 4.57 Å². The molecular weight excluding hydrogens is 274 g/mol. The van der Waals surface area contributed by atoms with Gasteiger partial charge in [-0.15, -0.1) is 5.10 Å². The number of benzene rings is 1. The van der Waals surface area contributed by atoms with E-state index >= 15 is 0 Å². The van der Waals surface area contributed by atoms with Crippen molar-refractivity contribution < 1.29 is 0 Å². The van der Waals surface area contributed by atoms with Crippen molar-refractivity contribution in [2.24, 2.45) is 7.05 Å². The zero-order chi connectivity index (χ0) is 15.1. The van der Waals surface area contributed by atoms with Crippen LogP contribution in [0.5, 0.6) is 0 Å². The van der Waals surface area contributed by atoms with Crippen LogP contribution >= 0.6 is 0 Å². The fraction of sp³-hybridized carbons (Fsp3) is 0.118. The lowest BCUT2D eigenvalue weighted by Crippen LogP contribution is -1.97. The van der Waals surface area contributed by atoms with E-state index in [9.17, 15) is 0 Å². The Morgan fingerprint density at radius 3 is 2.77 bits per heavy atom. The zero-order valence-electron chi connectivity index (χ0n) is 12.4. The van der Waals surface area contributed by atoms with Crippen molar-refractivity contribution in [2.45, 2.75) is 6.92 Å². The van der Waals surface area contributed by atoms with E-state index in [-0.39, 0.29) is 0 Å². The topological polar surface area (TPSA) is 48.5 Å². The molecule has 3 heterocycles. The molecule has 0 aliphatic carbocycles. The molecule has 0 radical (unpaired) electrons. The Kier molecular flexibility index (Phi) is 2.79. The molecule has 0 saturated heterocycles. The molecule has 0 atom stereocenters.